The van der Waals surface area contributed by atoms with Crippen molar-refractivity contribution in [2.45, 2.75) is 47.9 Å². The van der Waals surface area contributed by atoms with Crippen LogP contribution in [0.1, 0.15) is 0 Å². The Kier molecular flexibility index (Phi) is 8.69. The molecule has 0 aromatic heterocycles. The molecule has 19 heteroatoms. The molecule has 0 atom stereocenters. The number of hydrogen-bond acceptors (Lipinski definition) is 0. The van der Waals surface area contributed by atoms with E-state index in [2.05, 4.69) is 34.7 Å². The van der Waals surface area contributed by atoms with Gasteiger partial charge in [0.15, 0.2) is 0 Å². The van der Waals surface area contributed by atoms with Crippen molar-refractivity contribution in [3.63, 3.8) is 0 Å². The van der Waals surface area contributed by atoms with E-state index in [-0.39, 0.29) is 0 Å². The topological polar surface area (TPSA) is 0 Å². The predicted molar refractivity (Wildman–Crippen MR) is 81.0 cm³/mol. The predicted octanol–water partition coefficient (Wildman–Crippen LogP) is 8.21. The zero-order valence-corrected chi connectivity index (χ0v) is 16.7. The number of halogens is 19. The van der Waals surface area contributed by atoms with Gasteiger partial charge in [-0.25, -0.2) is 0 Å². The maximum atomic E-state index is 12.8. The van der Waals surface area contributed by atoms with E-state index < -0.39 is 47.9 Å². The van der Waals surface area contributed by atoms with Crippen molar-refractivity contribution in [1.82, 2.24) is 0 Å². The summed E-state index contributed by atoms with van der Waals surface area (Å²) in [5.41, 5.74) is 0. The number of rotatable bonds is 5. The third kappa shape index (κ3) is 5.20. The lowest BCUT2D eigenvalue weighted by Crippen LogP contribution is -2.74. The van der Waals surface area contributed by atoms with Crippen molar-refractivity contribution in [2.75, 3.05) is 0 Å². The molecule has 1 aromatic carbocycles. The summed E-state index contributed by atoms with van der Waals surface area (Å²) in [6, 6.07) is 10.2. The number of alkyl halides is 18. The average molecular weight is 642 g/mol. The van der Waals surface area contributed by atoms with E-state index in [1.165, 1.54) is 3.57 Å². The monoisotopic (exact) mass is 642 g/mol. The Morgan fingerprint density at radius 1 is 0.364 bits per heavy atom. The molecule has 33 heavy (non-hydrogen) atoms. The van der Waals surface area contributed by atoms with E-state index in [0.717, 1.165) is 0 Å². The van der Waals surface area contributed by atoms with Crippen LogP contribution in [0.5, 0.6) is 0 Å². The van der Waals surface area contributed by atoms with Crippen molar-refractivity contribution >= 4 is 22.6 Å². The van der Waals surface area contributed by atoms with Crippen molar-refractivity contribution < 1.29 is 79.0 Å². The molecule has 0 saturated carbocycles. The van der Waals surface area contributed by atoms with Crippen LogP contribution in [0, 0.1) is 3.57 Å². The largest absolute Gasteiger partial charge is 0.460 e. The zero-order valence-electron chi connectivity index (χ0n) is 14.6. The van der Waals surface area contributed by atoms with Crippen molar-refractivity contribution in [3.8, 4) is 0 Å². The van der Waals surface area contributed by atoms with Gasteiger partial charge in [-0.05, 0) is 34.7 Å². The molecule has 0 radical (unpaired) electrons. The fourth-order valence-electron chi connectivity index (χ4n) is 1.56. The first kappa shape index (κ1) is 31.7. The van der Waals surface area contributed by atoms with Gasteiger partial charge in [0.25, 0.3) is 0 Å². The molecule has 0 fully saturated rings. The maximum absolute atomic E-state index is 12.8. The lowest BCUT2D eigenvalue weighted by molar-refractivity contribution is -0.468. The third-order valence-electron chi connectivity index (χ3n) is 3.42. The van der Waals surface area contributed by atoms with Gasteiger partial charge in [-0.15, -0.1) is 0 Å². The van der Waals surface area contributed by atoms with Crippen LogP contribution in [0.15, 0.2) is 30.3 Å². The molecule has 0 saturated heterocycles. The minimum absolute atomic E-state index is 1.29. The molecule has 0 aliphatic heterocycles. The molecule has 0 amide bonds. The highest BCUT2D eigenvalue weighted by atomic mass is 127. The third-order valence-corrected chi connectivity index (χ3v) is 4.14. The van der Waals surface area contributed by atoms with Crippen LogP contribution in [0.2, 0.25) is 0 Å². The summed E-state index contributed by atoms with van der Waals surface area (Å²) in [5, 5.41) is 0. The fraction of sp³-hybridized carbons (Fsp3) is 0.571. The van der Waals surface area contributed by atoms with E-state index in [1.54, 1.807) is 0 Å². The second kappa shape index (κ2) is 9.04. The number of benzene rings is 1. The van der Waals surface area contributed by atoms with Gasteiger partial charge in [-0.3, -0.25) is 0 Å². The van der Waals surface area contributed by atoms with Gasteiger partial charge < -0.3 is 0 Å². The summed E-state index contributed by atoms with van der Waals surface area (Å²) in [6.45, 7) is 0. The molecule has 0 aliphatic carbocycles. The molecule has 1 rings (SSSR count). The molecule has 0 unspecified atom stereocenters. The highest BCUT2D eigenvalue weighted by Crippen LogP contribution is 2.63. The summed E-state index contributed by atoms with van der Waals surface area (Å²) in [7, 11) is 0. The highest BCUT2D eigenvalue weighted by molar-refractivity contribution is 14.1. The van der Waals surface area contributed by atoms with Crippen molar-refractivity contribution in [2.24, 2.45) is 0 Å². The second-order valence-electron chi connectivity index (χ2n) is 5.74. The molecular formula is C14H5F18I. The van der Waals surface area contributed by atoms with E-state index >= 15 is 0 Å². The van der Waals surface area contributed by atoms with E-state index in [4.69, 9.17) is 0 Å². The first-order valence-corrected chi connectivity index (χ1v) is 8.33. The minimum Gasteiger partial charge on any atom is -0.192 e. The van der Waals surface area contributed by atoms with E-state index in [0.29, 0.717) is 0 Å². The maximum Gasteiger partial charge on any atom is 0.460 e. The summed E-state index contributed by atoms with van der Waals surface area (Å²) >= 11 is 2.28. The SMILES string of the molecule is FC(F)(F)C(F)(F)C(F)(F)C(F)(F)C(F)(F)C(F)(F)C(F)(F)C(F)(F)F.Ic1ccccc1. The smallest absolute Gasteiger partial charge is 0.192 e. The van der Waals surface area contributed by atoms with Crippen LogP contribution in [-0.4, -0.2) is 47.9 Å². The lowest BCUT2D eigenvalue weighted by Gasteiger charge is -2.41. The molecule has 0 bridgehead atoms. The van der Waals surface area contributed by atoms with Crippen molar-refractivity contribution in [1.29, 1.82) is 0 Å². The van der Waals surface area contributed by atoms with Crippen LogP contribution in [0.3, 0.4) is 0 Å². The average Bonchev–Trinajstić information content (AvgIpc) is 2.60. The van der Waals surface area contributed by atoms with Gasteiger partial charge in [0, 0.05) is 3.57 Å². The van der Waals surface area contributed by atoms with Crippen molar-refractivity contribution in [3.05, 3.63) is 33.9 Å². The molecule has 194 valence electrons. The van der Waals surface area contributed by atoms with Gasteiger partial charge in [-0.1, -0.05) is 18.2 Å². The molecular weight excluding hydrogens is 637 g/mol. The summed E-state index contributed by atoms with van der Waals surface area (Å²) in [5.74, 6) is -51.0. The lowest BCUT2D eigenvalue weighted by atomic mass is 9.91. The molecule has 0 nitrogen and oxygen atoms in total. The van der Waals surface area contributed by atoms with Gasteiger partial charge in [-0.2, -0.15) is 79.0 Å². The Morgan fingerprint density at radius 3 is 0.727 bits per heavy atom. The Balaban J connectivity index is 0.00000123. The summed E-state index contributed by atoms with van der Waals surface area (Å²) in [4.78, 5) is 0. The molecule has 0 aliphatic rings. The zero-order chi connectivity index (χ0) is 27.1. The molecule has 0 spiro atoms. The fourth-order valence-corrected chi connectivity index (χ4v) is 1.97. The summed E-state index contributed by atoms with van der Waals surface area (Å²) in [6.07, 6.45) is -15.6. The first-order chi connectivity index (χ1) is 14.1. The van der Waals surface area contributed by atoms with Crippen LogP contribution in [0.25, 0.3) is 0 Å². The van der Waals surface area contributed by atoms with Gasteiger partial charge in [0.05, 0.1) is 0 Å². The van der Waals surface area contributed by atoms with Gasteiger partial charge in [0.1, 0.15) is 0 Å². The minimum atomic E-state index is -8.72. The van der Waals surface area contributed by atoms with Crippen LogP contribution in [0.4, 0.5) is 79.0 Å². The normalized spacial score (nSPS) is 15.1. The summed E-state index contributed by atoms with van der Waals surface area (Å²) < 4.78 is 222. The highest BCUT2D eigenvalue weighted by Gasteiger charge is 2.95. The first-order valence-electron chi connectivity index (χ1n) is 7.25. The Bertz CT molecular complexity index is 728. The van der Waals surface area contributed by atoms with Crippen LogP contribution < -0.4 is 0 Å². The Morgan fingerprint density at radius 2 is 0.576 bits per heavy atom. The van der Waals surface area contributed by atoms with E-state index in [1.807, 2.05) is 18.2 Å². The Hall–Kier alpha value is -1.31. The quantitative estimate of drug-likeness (QED) is 0.225. The van der Waals surface area contributed by atoms with Crippen LogP contribution in [-0.2, 0) is 0 Å². The van der Waals surface area contributed by atoms with E-state index in [9.17, 15) is 79.0 Å². The second-order valence-corrected chi connectivity index (χ2v) is 6.98. The molecule has 1 aromatic rings. The standard InChI is InChI=1S/C8F18.C6H5I/c9-1(10,3(13,14)5(17,18)7(21,22)23)2(11,12)4(15,16)6(19,20)8(24,25)26;7-6-4-2-1-3-5-6/h;1-5H. The molecule has 0 N–H and O–H groups in total. The number of hydrogen-bond donors (Lipinski definition) is 0. The van der Waals surface area contributed by atoms with Gasteiger partial charge >= 0.3 is 47.9 Å². The Labute approximate surface area is 184 Å². The van der Waals surface area contributed by atoms with Crippen LogP contribution >= 0.6 is 22.6 Å². The molecule has 0 heterocycles. The van der Waals surface area contributed by atoms with Gasteiger partial charge in [0.2, 0.25) is 0 Å².